The zero-order valence-corrected chi connectivity index (χ0v) is 14.3. The zero-order chi connectivity index (χ0) is 17.7. The summed E-state index contributed by atoms with van der Waals surface area (Å²) < 4.78 is 5.60. The number of ether oxygens (including phenoxy) is 1. The third-order valence-corrected chi connectivity index (χ3v) is 3.77. The van der Waals surface area contributed by atoms with Crippen molar-refractivity contribution < 1.29 is 14.3 Å². The number of aryl methyl sites for hydroxylation is 3. The molecule has 0 radical (unpaired) electrons. The molecule has 2 aromatic rings. The molecule has 2 aromatic carbocycles. The van der Waals surface area contributed by atoms with Gasteiger partial charge in [0.15, 0.2) is 6.10 Å². The number of hydrogen-bond donors (Lipinski definition) is 2. The highest BCUT2D eigenvalue weighted by molar-refractivity contribution is 5.95. The number of hydrogen-bond acceptors (Lipinski definition) is 3. The van der Waals surface area contributed by atoms with E-state index < -0.39 is 12.0 Å². The van der Waals surface area contributed by atoms with Crippen molar-refractivity contribution in [3.8, 4) is 5.75 Å². The van der Waals surface area contributed by atoms with E-state index >= 15 is 0 Å². The summed E-state index contributed by atoms with van der Waals surface area (Å²) in [6, 6.07) is 12.7. The second kappa shape index (κ2) is 7.64. The summed E-state index contributed by atoms with van der Waals surface area (Å²) in [6.07, 6.45) is -0.731. The van der Waals surface area contributed by atoms with Crippen LogP contribution in [0.1, 0.15) is 34.0 Å². The fourth-order valence-corrected chi connectivity index (χ4v) is 2.04. The van der Waals surface area contributed by atoms with Crippen molar-refractivity contribution in [3.05, 3.63) is 64.7 Å². The lowest BCUT2D eigenvalue weighted by Gasteiger charge is -2.16. The maximum atomic E-state index is 12.0. The Morgan fingerprint density at radius 2 is 1.58 bits per heavy atom. The number of nitrogens with one attached hydrogen (secondary N) is 2. The fourth-order valence-electron chi connectivity index (χ4n) is 2.04. The molecule has 24 heavy (non-hydrogen) atoms. The minimum absolute atomic E-state index is 0.373. The fraction of sp³-hybridized carbons (Fsp3) is 0.263. The third kappa shape index (κ3) is 4.59. The lowest BCUT2D eigenvalue weighted by molar-refractivity contribution is -0.128. The molecule has 2 amide bonds. The normalized spacial score (nSPS) is 11.5. The molecule has 126 valence electrons. The van der Waals surface area contributed by atoms with E-state index in [4.69, 9.17) is 4.74 Å². The lowest BCUT2D eigenvalue weighted by Crippen LogP contribution is -2.47. The maximum Gasteiger partial charge on any atom is 0.279 e. The lowest BCUT2D eigenvalue weighted by atomic mass is 10.1. The molecular formula is C19H22N2O3. The molecule has 1 unspecified atom stereocenters. The molecule has 0 saturated carbocycles. The molecule has 0 heterocycles. The summed E-state index contributed by atoms with van der Waals surface area (Å²) in [5.74, 6) is -0.180. The van der Waals surface area contributed by atoms with Gasteiger partial charge in [-0.15, -0.1) is 0 Å². The molecule has 2 N–H and O–H groups in total. The van der Waals surface area contributed by atoms with Crippen molar-refractivity contribution in [2.45, 2.75) is 33.8 Å². The third-order valence-electron chi connectivity index (χ3n) is 3.77. The van der Waals surface area contributed by atoms with Gasteiger partial charge in [-0.05, 0) is 63.1 Å². The van der Waals surface area contributed by atoms with Crippen LogP contribution in [0, 0.1) is 20.8 Å². The van der Waals surface area contributed by atoms with Crippen LogP contribution in [0.3, 0.4) is 0 Å². The van der Waals surface area contributed by atoms with E-state index in [1.165, 1.54) is 0 Å². The SMILES string of the molecule is Cc1ccc(C(=O)NNC(=O)C(C)Oc2ccc(C)c(C)c2)cc1. The molecule has 5 heteroatoms. The Hall–Kier alpha value is -2.82. The van der Waals surface area contributed by atoms with Gasteiger partial charge in [-0.1, -0.05) is 23.8 Å². The first kappa shape index (κ1) is 17.5. The Balaban J connectivity index is 1.88. The highest BCUT2D eigenvalue weighted by Gasteiger charge is 2.16. The standard InChI is InChI=1S/C19H22N2O3/c1-12-5-8-16(9-6-12)19(23)21-20-18(22)15(4)24-17-10-7-13(2)14(3)11-17/h5-11,15H,1-4H3,(H,20,22)(H,21,23). The van der Waals surface area contributed by atoms with E-state index in [0.29, 0.717) is 11.3 Å². The van der Waals surface area contributed by atoms with Crippen molar-refractivity contribution in [2.24, 2.45) is 0 Å². The van der Waals surface area contributed by atoms with Crippen LogP contribution in [0.15, 0.2) is 42.5 Å². The predicted molar refractivity (Wildman–Crippen MR) is 92.8 cm³/mol. The predicted octanol–water partition coefficient (Wildman–Crippen LogP) is 2.84. The van der Waals surface area contributed by atoms with E-state index in [9.17, 15) is 9.59 Å². The van der Waals surface area contributed by atoms with Gasteiger partial charge in [0.25, 0.3) is 11.8 Å². The van der Waals surface area contributed by atoms with E-state index in [1.807, 2.05) is 51.1 Å². The zero-order valence-electron chi connectivity index (χ0n) is 14.3. The Bertz CT molecular complexity index is 739. The average molecular weight is 326 g/mol. The van der Waals surface area contributed by atoms with Crippen LogP contribution < -0.4 is 15.6 Å². The Labute approximate surface area is 142 Å². The first-order valence-corrected chi connectivity index (χ1v) is 7.77. The monoisotopic (exact) mass is 326 g/mol. The van der Waals surface area contributed by atoms with E-state index in [-0.39, 0.29) is 5.91 Å². The number of rotatable bonds is 4. The minimum atomic E-state index is -0.731. The smallest absolute Gasteiger partial charge is 0.279 e. The van der Waals surface area contributed by atoms with Gasteiger partial charge in [-0.3, -0.25) is 20.4 Å². The molecule has 0 bridgehead atoms. The van der Waals surface area contributed by atoms with Crippen molar-refractivity contribution in [2.75, 3.05) is 0 Å². The van der Waals surface area contributed by atoms with E-state index in [1.54, 1.807) is 19.1 Å². The van der Waals surface area contributed by atoms with Gasteiger partial charge in [0.05, 0.1) is 0 Å². The molecule has 5 nitrogen and oxygen atoms in total. The van der Waals surface area contributed by atoms with Crippen molar-refractivity contribution >= 4 is 11.8 Å². The minimum Gasteiger partial charge on any atom is -0.481 e. The molecule has 0 spiro atoms. The summed E-state index contributed by atoms with van der Waals surface area (Å²) in [5.41, 5.74) is 8.55. The first-order valence-electron chi connectivity index (χ1n) is 7.77. The Kier molecular flexibility index (Phi) is 5.58. The molecule has 0 fully saturated rings. The van der Waals surface area contributed by atoms with Crippen molar-refractivity contribution in [1.29, 1.82) is 0 Å². The summed E-state index contributed by atoms with van der Waals surface area (Å²) >= 11 is 0. The van der Waals surface area contributed by atoms with E-state index in [2.05, 4.69) is 10.9 Å². The number of hydrazine groups is 1. The molecule has 0 saturated heterocycles. The molecule has 1 atom stereocenters. The number of benzene rings is 2. The van der Waals surface area contributed by atoms with Crippen LogP contribution in [0.2, 0.25) is 0 Å². The van der Waals surface area contributed by atoms with Crippen LogP contribution in [0.25, 0.3) is 0 Å². The summed E-state index contributed by atoms with van der Waals surface area (Å²) in [7, 11) is 0. The van der Waals surface area contributed by atoms with Crippen LogP contribution in [-0.4, -0.2) is 17.9 Å². The average Bonchev–Trinajstić information content (AvgIpc) is 2.56. The largest absolute Gasteiger partial charge is 0.481 e. The topological polar surface area (TPSA) is 67.4 Å². The van der Waals surface area contributed by atoms with Crippen LogP contribution in [0.4, 0.5) is 0 Å². The van der Waals surface area contributed by atoms with Crippen LogP contribution in [0.5, 0.6) is 5.75 Å². The molecule has 0 aromatic heterocycles. The molecule has 0 aliphatic rings. The molecule has 2 rings (SSSR count). The maximum absolute atomic E-state index is 12.0. The molecule has 0 aliphatic heterocycles. The quantitative estimate of drug-likeness (QED) is 0.849. The van der Waals surface area contributed by atoms with Crippen molar-refractivity contribution in [3.63, 3.8) is 0 Å². The van der Waals surface area contributed by atoms with Crippen molar-refractivity contribution in [1.82, 2.24) is 10.9 Å². The summed E-state index contributed by atoms with van der Waals surface area (Å²) in [5, 5.41) is 0. The molecule has 0 aliphatic carbocycles. The van der Waals surface area contributed by atoms with Gasteiger partial charge in [-0.25, -0.2) is 0 Å². The first-order chi connectivity index (χ1) is 11.4. The second-order valence-corrected chi connectivity index (χ2v) is 5.82. The van der Waals surface area contributed by atoms with Gasteiger partial charge in [0.2, 0.25) is 0 Å². The van der Waals surface area contributed by atoms with Crippen LogP contribution >= 0.6 is 0 Å². The van der Waals surface area contributed by atoms with Gasteiger partial charge in [0, 0.05) is 5.56 Å². The highest BCUT2D eigenvalue weighted by atomic mass is 16.5. The van der Waals surface area contributed by atoms with Gasteiger partial charge >= 0.3 is 0 Å². The van der Waals surface area contributed by atoms with E-state index in [0.717, 1.165) is 16.7 Å². The Morgan fingerprint density at radius 1 is 0.917 bits per heavy atom. The van der Waals surface area contributed by atoms with Gasteiger partial charge < -0.3 is 4.74 Å². The number of amides is 2. The van der Waals surface area contributed by atoms with Gasteiger partial charge in [0.1, 0.15) is 5.75 Å². The molecular weight excluding hydrogens is 304 g/mol. The second-order valence-electron chi connectivity index (χ2n) is 5.82. The summed E-state index contributed by atoms with van der Waals surface area (Å²) in [6.45, 7) is 7.56. The number of carbonyl (C=O) groups excluding carboxylic acids is 2. The van der Waals surface area contributed by atoms with Gasteiger partial charge in [-0.2, -0.15) is 0 Å². The van der Waals surface area contributed by atoms with Crippen LogP contribution in [-0.2, 0) is 4.79 Å². The Morgan fingerprint density at radius 3 is 2.21 bits per heavy atom. The number of carbonyl (C=O) groups is 2. The highest BCUT2D eigenvalue weighted by Crippen LogP contribution is 2.17. The summed E-state index contributed by atoms with van der Waals surface area (Å²) in [4.78, 5) is 24.0.